The molecule has 1 aromatic carbocycles. The van der Waals surface area contributed by atoms with Crippen LogP contribution in [0.15, 0.2) is 35.1 Å². The zero-order valence-electron chi connectivity index (χ0n) is 10.7. The molecule has 0 fully saturated rings. The number of aliphatic hydroxyl groups excluding tert-OH is 1. The molecule has 1 unspecified atom stereocenters. The van der Waals surface area contributed by atoms with Gasteiger partial charge in [0.1, 0.15) is 5.75 Å². The number of aromatic nitrogens is 2. The van der Waals surface area contributed by atoms with Gasteiger partial charge in [-0.3, -0.25) is 0 Å². The summed E-state index contributed by atoms with van der Waals surface area (Å²) in [7, 11) is 1.61. The van der Waals surface area contributed by atoms with Gasteiger partial charge in [-0.25, -0.2) is 0 Å². The molecule has 102 valence electrons. The largest absolute Gasteiger partial charge is 0.497 e. The Hall–Kier alpha value is -1.92. The highest BCUT2D eigenvalue weighted by Crippen LogP contribution is 2.18. The minimum Gasteiger partial charge on any atom is -0.497 e. The smallest absolute Gasteiger partial charge is 0.227 e. The molecule has 0 bridgehead atoms. The monoisotopic (exact) mass is 263 g/mol. The zero-order chi connectivity index (χ0) is 13.5. The molecule has 1 aromatic heterocycles. The molecule has 1 heterocycles. The van der Waals surface area contributed by atoms with E-state index in [4.69, 9.17) is 9.26 Å². The van der Waals surface area contributed by atoms with Gasteiger partial charge in [0.25, 0.3) is 0 Å². The summed E-state index contributed by atoms with van der Waals surface area (Å²) < 4.78 is 10.00. The molecule has 0 radical (unpaired) electrons. The van der Waals surface area contributed by atoms with Crippen LogP contribution in [-0.2, 0) is 6.42 Å². The van der Waals surface area contributed by atoms with E-state index >= 15 is 0 Å². The van der Waals surface area contributed by atoms with E-state index in [1.54, 1.807) is 7.11 Å². The molecule has 0 saturated carbocycles. The van der Waals surface area contributed by atoms with Gasteiger partial charge in [-0.2, -0.15) is 4.98 Å². The SMILES string of the molecule is COc1cccc(C(O)CNCCc2ncno2)c1. The molecule has 1 atom stereocenters. The maximum absolute atomic E-state index is 10.0. The Balaban J connectivity index is 1.75. The summed E-state index contributed by atoms with van der Waals surface area (Å²) in [5.74, 6) is 1.32. The Morgan fingerprint density at radius 2 is 2.37 bits per heavy atom. The van der Waals surface area contributed by atoms with E-state index in [0.717, 1.165) is 11.3 Å². The van der Waals surface area contributed by atoms with Crippen molar-refractivity contribution in [2.24, 2.45) is 0 Å². The van der Waals surface area contributed by atoms with Crippen molar-refractivity contribution in [1.82, 2.24) is 15.5 Å². The lowest BCUT2D eigenvalue weighted by Crippen LogP contribution is -2.23. The number of hydrogen-bond donors (Lipinski definition) is 2. The quantitative estimate of drug-likeness (QED) is 0.724. The van der Waals surface area contributed by atoms with E-state index in [9.17, 15) is 5.11 Å². The average molecular weight is 263 g/mol. The van der Waals surface area contributed by atoms with Crippen LogP contribution in [0, 0.1) is 0 Å². The standard InChI is InChI=1S/C13H17N3O3/c1-18-11-4-2-3-10(7-11)12(17)8-14-6-5-13-15-9-16-19-13/h2-4,7,9,12,14,17H,5-6,8H2,1H3. The molecular formula is C13H17N3O3. The highest BCUT2D eigenvalue weighted by molar-refractivity contribution is 5.29. The number of hydrogen-bond acceptors (Lipinski definition) is 6. The van der Waals surface area contributed by atoms with Crippen molar-refractivity contribution < 1.29 is 14.4 Å². The lowest BCUT2D eigenvalue weighted by molar-refractivity contribution is 0.174. The fourth-order valence-corrected chi connectivity index (χ4v) is 1.71. The van der Waals surface area contributed by atoms with Crippen LogP contribution in [0.3, 0.4) is 0 Å². The Kier molecular flexibility index (Phi) is 4.88. The second-order valence-electron chi connectivity index (χ2n) is 4.08. The van der Waals surface area contributed by atoms with Gasteiger partial charge < -0.3 is 19.7 Å². The van der Waals surface area contributed by atoms with Crippen LogP contribution in [0.4, 0.5) is 0 Å². The van der Waals surface area contributed by atoms with Crippen LogP contribution in [0.2, 0.25) is 0 Å². The number of rotatable bonds is 7. The fourth-order valence-electron chi connectivity index (χ4n) is 1.71. The topological polar surface area (TPSA) is 80.4 Å². The molecular weight excluding hydrogens is 246 g/mol. The van der Waals surface area contributed by atoms with Crippen molar-refractivity contribution in [2.75, 3.05) is 20.2 Å². The van der Waals surface area contributed by atoms with Gasteiger partial charge in [0.15, 0.2) is 6.33 Å². The normalized spacial score (nSPS) is 12.3. The van der Waals surface area contributed by atoms with E-state index in [1.165, 1.54) is 6.33 Å². The third-order valence-electron chi connectivity index (χ3n) is 2.74. The number of ether oxygens (including phenoxy) is 1. The molecule has 19 heavy (non-hydrogen) atoms. The summed E-state index contributed by atoms with van der Waals surface area (Å²) in [5.41, 5.74) is 0.824. The summed E-state index contributed by atoms with van der Waals surface area (Å²) in [6, 6.07) is 7.40. The minimum absolute atomic E-state index is 0.460. The van der Waals surface area contributed by atoms with Gasteiger partial charge in [0, 0.05) is 19.5 Å². The van der Waals surface area contributed by atoms with Crippen LogP contribution in [0.1, 0.15) is 17.6 Å². The summed E-state index contributed by atoms with van der Waals surface area (Å²) >= 11 is 0. The summed E-state index contributed by atoms with van der Waals surface area (Å²) in [6.45, 7) is 1.13. The first-order valence-electron chi connectivity index (χ1n) is 6.08. The van der Waals surface area contributed by atoms with Crippen molar-refractivity contribution >= 4 is 0 Å². The van der Waals surface area contributed by atoms with Crippen LogP contribution < -0.4 is 10.1 Å². The molecule has 2 rings (SSSR count). The first kappa shape index (κ1) is 13.5. The molecule has 0 saturated heterocycles. The van der Waals surface area contributed by atoms with Crippen LogP contribution in [0.5, 0.6) is 5.75 Å². The van der Waals surface area contributed by atoms with Gasteiger partial charge in [0.05, 0.1) is 13.2 Å². The number of methoxy groups -OCH3 is 1. The number of aliphatic hydroxyl groups is 1. The van der Waals surface area contributed by atoms with E-state index in [1.807, 2.05) is 24.3 Å². The number of nitrogens with zero attached hydrogens (tertiary/aromatic N) is 2. The summed E-state index contributed by atoms with van der Waals surface area (Å²) in [6.07, 6.45) is 1.45. The van der Waals surface area contributed by atoms with E-state index in [-0.39, 0.29) is 0 Å². The molecule has 2 aromatic rings. The van der Waals surface area contributed by atoms with E-state index in [0.29, 0.717) is 25.4 Å². The van der Waals surface area contributed by atoms with Crippen molar-refractivity contribution in [1.29, 1.82) is 0 Å². The summed E-state index contributed by atoms with van der Waals surface area (Å²) in [5, 5.41) is 16.7. The van der Waals surface area contributed by atoms with Gasteiger partial charge in [-0.05, 0) is 17.7 Å². The molecule has 2 N–H and O–H groups in total. The van der Waals surface area contributed by atoms with Crippen molar-refractivity contribution in [3.63, 3.8) is 0 Å². The Labute approximate surface area is 111 Å². The molecule has 0 aliphatic heterocycles. The minimum atomic E-state index is -0.571. The molecule has 0 amide bonds. The predicted molar refractivity (Wildman–Crippen MR) is 68.8 cm³/mol. The second kappa shape index (κ2) is 6.86. The number of benzene rings is 1. The Morgan fingerprint density at radius 1 is 1.47 bits per heavy atom. The first-order chi connectivity index (χ1) is 9.29. The molecule has 0 spiro atoms. The molecule has 6 heteroatoms. The highest BCUT2D eigenvalue weighted by Gasteiger charge is 2.08. The van der Waals surface area contributed by atoms with Crippen molar-refractivity contribution in [3.8, 4) is 5.75 Å². The lowest BCUT2D eigenvalue weighted by atomic mass is 10.1. The Morgan fingerprint density at radius 3 is 3.11 bits per heavy atom. The van der Waals surface area contributed by atoms with Crippen LogP contribution >= 0.6 is 0 Å². The van der Waals surface area contributed by atoms with Crippen LogP contribution in [0.25, 0.3) is 0 Å². The molecule has 0 aliphatic rings. The van der Waals surface area contributed by atoms with E-state index in [2.05, 4.69) is 15.5 Å². The maximum atomic E-state index is 10.0. The fraction of sp³-hybridized carbons (Fsp3) is 0.385. The van der Waals surface area contributed by atoms with Gasteiger partial charge >= 0.3 is 0 Å². The lowest BCUT2D eigenvalue weighted by Gasteiger charge is -2.12. The average Bonchev–Trinajstić information content (AvgIpc) is 2.96. The maximum Gasteiger partial charge on any atom is 0.227 e. The molecule has 0 aliphatic carbocycles. The van der Waals surface area contributed by atoms with Gasteiger partial charge in [-0.1, -0.05) is 17.3 Å². The molecule has 6 nitrogen and oxygen atoms in total. The summed E-state index contributed by atoms with van der Waals surface area (Å²) in [4.78, 5) is 3.92. The van der Waals surface area contributed by atoms with Crippen molar-refractivity contribution in [3.05, 3.63) is 42.0 Å². The van der Waals surface area contributed by atoms with Gasteiger partial charge in [-0.15, -0.1) is 0 Å². The predicted octanol–water partition coefficient (Wildman–Crippen LogP) is 0.944. The number of nitrogens with one attached hydrogen (secondary N) is 1. The zero-order valence-corrected chi connectivity index (χ0v) is 10.7. The third kappa shape index (κ3) is 4.04. The first-order valence-corrected chi connectivity index (χ1v) is 6.08. The Bertz CT molecular complexity index is 488. The van der Waals surface area contributed by atoms with Gasteiger partial charge in [0.2, 0.25) is 5.89 Å². The highest BCUT2D eigenvalue weighted by atomic mass is 16.5. The van der Waals surface area contributed by atoms with Crippen molar-refractivity contribution in [2.45, 2.75) is 12.5 Å². The second-order valence-corrected chi connectivity index (χ2v) is 4.08. The third-order valence-corrected chi connectivity index (χ3v) is 2.74. The van der Waals surface area contributed by atoms with Crippen LogP contribution in [-0.4, -0.2) is 35.4 Å². The van der Waals surface area contributed by atoms with E-state index < -0.39 is 6.10 Å².